The molecule has 7 nitrogen and oxygen atoms in total. The van der Waals surface area contributed by atoms with Crippen LogP contribution >= 0.6 is 13.5 Å². The van der Waals surface area contributed by atoms with Crippen LogP contribution in [0.3, 0.4) is 0 Å². The van der Waals surface area contributed by atoms with E-state index in [0.717, 1.165) is 5.56 Å². The van der Waals surface area contributed by atoms with Crippen molar-refractivity contribution in [2.45, 2.75) is 13.0 Å². The Balaban J connectivity index is 0.00000288. The van der Waals surface area contributed by atoms with E-state index >= 15 is 0 Å². The van der Waals surface area contributed by atoms with Crippen molar-refractivity contribution in [2.75, 3.05) is 19.1 Å². The first-order chi connectivity index (χ1) is 10.9. The van der Waals surface area contributed by atoms with E-state index in [1.54, 1.807) is 11.9 Å². The SMILES string of the molecule is COc1c(C(=O)O)nc(N(C)[C@@H](C)c2ccccc2)n(C)c1=O.S. The van der Waals surface area contributed by atoms with Crippen LogP contribution in [-0.2, 0) is 7.05 Å². The lowest BCUT2D eigenvalue weighted by atomic mass is 10.1. The van der Waals surface area contributed by atoms with Crippen molar-refractivity contribution < 1.29 is 14.6 Å². The number of carbonyl (C=O) groups is 1. The van der Waals surface area contributed by atoms with Crippen LogP contribution in [-0.4, -0.2) is 34.8 Å². The minimum Gasteiger partial charge on any atom is -0.489 e. The topological polar surface area (TPSA) is 84.7 Å². The van der Waals surface area contributed by atoms with E-state index in [2.05, 4.69) is 4.98 Å². The third kappa shape index (κ3) is 3.53. The van der Waals surface area contributed by atoms with Gasteiger partial charge < -0.3 is 14.7 Å². The summed E-state index contributed by atoms with van der Waals surface area (Å²) in [7, 11) is 4.55. The molecule has 1 atom stereocenters. The number of carboxylic acids is 1. The molecule has 130 valence electrons. The molecule has 0 unspecified atom stereocenters. The fraction of sp³-hybridized carbons (Fsp3) is 0.312. The Morgan fingerprint density at radius 2 is 1.92 bits per heavy atom. The Hall–Kier alpha value is -2.48. The number of carboxylic acid groups (broad SMARTS) is 1. The van der Waals surface area contributed by atoms with Gasteiger partial charge in [0.25, 0.3) is 5.56 Å². The summed E-state index contributed by atoms with van der Waals surface area (Å²) in [6.45, 7) is 1.95. The zero-order valence-corrected chi connectivity index (χ0v) is 15.0. The molecule has 0 spiro atoms. The molecule has 0 saturated heterocycles. The van der Waals surface area contributed by atoms with Crippen LogP contribution in [0.15, 0.2) is 35.1 Å². The van der Waals surface area contributed by atoms with E-state index in [0.29, 0.717) is 0 Å². The van der Waals surface area contributed by atoms with Gasteiger partial charge in [0.05, 0.1) is 13.2 Å². The largest absolute Gasteiger partial charge is 0.489 e. The Morgan fingerprint density at radius 3 is 2.42 bits per heavy atom. The molecule has 1 heterocycles. The molecule has 8 heteroatoms. The molecule has 1 N–H and O–H groups in total. The highest BCUT2D eigenvalue weighted by Gasteiger charge is 2.24. The van der Waals surface area contributed by atoms with Crippen molar-refractivity contribution in [3.05, 3.63) is 51.9 Å². The molecule has 0 radical (unpaired) electrons. The lowest BCUT2D eigenvalue weighted by Gasteiger charge is -2.28. The number of rotatable bonds is 5. The number of methoxy groups -OCH3 is 1. The number of aromatic carboxylic acids is 1. The Bertz CT molecular complexity index is 777. The van der Waals surface area contributed by atoms with Gasteiger partial charge >= 0.3 is 5.97 Å². The number of ether oxygens (including phenoxy) is 1. The second-order valence-corrected chi connectivity index (χ2v) is 5.16. The average Bonchev–Trinajstić information content (AvgIpc) is 2.56. The summed E-state index contributed by atoms with van der Waals surface area (Å²) in [5.74, 6) is -1.32. The summed E-state index contributed by atoms with van der Waals surface area (Å²) in [4.78, 5) is 29.5. The van der Waals surface area contributed by atoms with Crippen LogP contribution in [0, 0.1) is 0 Å². The molecule has 0 saturated carbocycles. The molecule has 0 amide bonds. The van der Waals surface area contributed by atoms with E-state index in [4.69, 9.17) is 4.74 Å². The Morgan fingerprint density at radius 1 is 1.33 bits per heavy atom. The number of hydrogen-bond donors (Lipinski definition) is 1. The summed E-state index contributed by atoms with van der Waals surface area (Å²) in [5.41, 5.74) is 0.0941. The van der Waals surface area contributed by atoms with Gasteiger partial charge in [-0.25, -0.2) is 9.78 Å². The summed E-state index contributed by atoms with van der Waals surface area (Å²) in [5, 5.41) is 9.26. The first-order valence-corrected chi connectivity index (χ1v) is 7.04. The van der Waals surface area contributed by atoms with Crippen molar-refractivity contribution in [3.8, 4) is 5.75 Å². The van der Waals surface area contributed by atoms with Crippen molar-refractivity contribution in [1.82, 2.24) is 9.55 Å². The van der Waals surface area contributed by atoms with Crippen LogP contribution in [0.2, 0.25) is 0 Å². The van der Waals surface area contributed by atoms with Gasteiger partial charge in [0.1, 0.15) is 0 Å². The van der Waals surface area contributed by atoms with Gasteiger partial charge in [-0.05, 0) is 12.5 Å². The van der Waals surface area contributed by atoms with E-state index in [1.165, 1.54) is 18.7 Å². The van der Waals surface area contributed by atoms with E-state index in [9.17, 15) is 14.7 Å². The quantitative estimate of drug-likeness (QED) is 0.884. The second-order valence-electron chi connectivity index (χ2n) is 5.16. The molecule has 2 aromatic rings. The number of benzene rings is 1. The molecule has 0 bridgehead atoms. The van der Waals surface area contributed by atoms with E-state index < -0.39 is 17.2 Å². The summed E-state index contributed by atoms with van der Waals surface area (Å²) >= 11 is 0. The van der Waals surface area contributed by atoms with Crippen LogP contribution in [0.1, 0.15) is 29.0 Å². The first kappa shape index (κ1) is 19.6. The van der Waals surface area contributed by atoms with Crippen LogP contribution in [0.4, 0.5) is 5.95 Å². The zero-order chi connectivity index (χ0) is 17.1. The van der Waals surface area contributed by atoms with Crippen molar-refractivity contribution in [2.24, 2.45) is 7.05 Å². The lowest BCUT2D eigenvalue weighted by Crippen LogP contribution is -2.33. The number of anilines is 1. The van der Waals surface area contributed by atoms with Gasteiger partial charge in [-0.3, -0.25) is 9.36 Å². The highest BCUT2D eigenvalue weighted by molar-refractivity contribution is 7.59. The average molecular weight is 351 g/mol. The molecule has 0 aliphatic heterocycles. The van der Waals surface area contributed by atoms with Crippen LogP contribution in [0.5, 0.6) is 5.75 Å². The minimum atomic E-state index is -1.30. The predicted molar refractivity (Wildman–Crippen MR) is 96.6 cm³/mol. The zero-order valence-electron chi connectivity index (χ0n) is 14.0. The Labute approximate surface area is 147 Å². The molecular formula is C16H21N3O4S. The lowest BCUT2D eigenvalue weighted by molar-refractivity contribution is 0.0685. The van der Waals surface area contributed by atoms with Gasteiger partial charge in [0.2, 0.25) is 11.7 Å². The molecule has 24 heavy (non-hydrogen) atoms. The molecule has 2 rings (SSSR count). The molecule has 1 aromatic heterocycles. The van der Waals surface area contributed by atoms with Gasteiger partial charge in [-0.1, -0.05) is 30.3 Å². The molecule has 1 aromatic carbocycles. The normalized spacial score (nSPS) is 11.3. The highest BCUT2D eigenvalue weighted by atomic mass is 32.1. The maximum absolute atomic E-state index is 12.3. The molecular weight excluding hydrogens is 330 g/mol. The van der Waals surface area contributed by atoms with Gasteiger partial charge in [0.15, 0.2) is 5.69 Å². The predicted octanol–water partition coefficient (Wildman–Crippen LogP) is 1.80. The molecule has 0 fully saturated rings. The van der Waals surface area contributed by atoms with Crippen molar-refractivity contribution >= 4 is 25.4 Å². The van der Waals surface area contributed by atoms with Crippen molar-refractivity contribution in [3.63, 3.8) is 0 Å². The first-order valence-electron chi connectivity index (χ1n) is 7.04. The van der Waals surface area contributed by atoms with Gasteiger partial charge in [-0.15, -0.1) is 0 Å². The highest BCUT2D eigenvalue weighted by Crippen LogP contribution is 2.24. The number of aromatic nitrogens is 2. The monoisotopic (exact) mass is 351 g/mol. The third-order valence-electron chi connectivity index (χ3n) is 3.81. The summed E-state index contributed by atoms with van der Waals surface area (Å²) < 4.78 is 6.19. The van der Waals surface area contributed by atoms with E-state index in [1.807, 2.05) is 37.3 Å². The van der Waals surface area contributed by atoms with Crippen LogP contribution in [0.25, 0.3) is 0 Å². The van der Waals surface area contributed by atoms with Gasteiger partial charge in [0, 0.05) is 14.1 Å². The van der Waals surface area contributed by atoms with E-state index in [-0.39, 0.29) is 31.2 Å². The second kappa shape index (κ2) is 7.87. The smallest absolute Gasteiger partial charge is 0.358 e. The minimum absolute atomic E-state index is 0. The third-order valence-corrected chi connectivity index (χ3v) is 3.81. The summed E-state index contributed by atoms with van der Waals surface area (Å²) in [6, 6.07) is 9.58. The maximum Gasteiger partial charge on any atom is 0.358 e. The Kier molecular flexibility index (Phi) is 6.42. The number of nitrogens with zero attached hydrogens (tertiary/aromatic N) is 3. The fourth-order valence-corrected chi connectivity index (χ4v) is 2.34. The van der Waals surface area contributed by atoms with Crippen LogP contribution < -0.4 is 15.2 Å². The molecule has 0 aliphatic carbocycles. The number of hydrogen-bond acceptors (Lipinski definition) is 5. The standard InChI is InChI=1S/C16H19N3O4.H2S/c1-10(11-8-6-5-7-9-11)18(2)16-17-12(15(21)22)13(23-4)14(20)19(16)3;/h5-10H,1-4H3,(H,21,22);1H2/t10-;/m0./s1. The summed E-state index contributed by atoms with van der Waals surface area (Å²) in [6.07, 6.45) is 0. The van der Waals surface area contributed by atoms with Gasteiger partial charge in [-0.2, -0.15) is 13.5 Å². The maximum atomic E-state index is 12.3. The molecule has 0 aliphatic rings. The fourth-order valence-electron chi connectivity index (χ4n) is 2.34. The van der Waals surface area contributed by atoms with Crippen molar-refractivity contribution in [1.29, 1.82) is 0 Å².